The van der Waals surface area contributed by atoms with Gasteiger partial charge in [-0.3, -0.25) is 4.79 Å². The highest BCUT2D eigenvalue weighted by molar-refractivity contribution is 7.78. The van der Waals surface area contributed by atoms with Crippen molar-refractivity contribution in [3.05, 3.63) is 24.5 Å². The van der Waals surface area contributed by atoms with Crippen molar-refractivity contribution in [3.63, 3.8) is 0 Å². The van der Waals surface area contributed by atoms with Crippen molar-refractivity contribution >= 4 is 17.2 Å². The first-order chi connectivity index (χ1) is 13.4. The fraction of sp³-hybridized carbons (Fsp3) is 0.773. The standard InChI is InChI=1S/C22H37NO4S/c1-4-5-6-11-14-27-28(26)23-20-16-17-15-19(22(17,2)3)18(20)12-9-7-8-10-13-21(24)25/h7,9,11,14,17-20,23H,4-6,8,10,12-13,15-16H2,1-3H3,(H,24,25)/t17-,18?,19+,20?,28?/m1/s1. The van der Waals surface area contributed by atoms with Crippen molar-refractivity contribution in [2.24, 2.45) is 23.2 Å². The number of fused-ring (bicyclic) bond motifs is 2. The number of unbranched alkanes of at least 4 members (excludes halogenated alkanes) is 3. The Hall–Kier alpha value is -1.14. The van der Waals surface area contributed by atoms with Gasteiger partial charge in [-0.15, -0.1) is 0 Å². The number of allylic oxidation sites excluding steroid dienone is 3. The normalized spacial score (nSPS) is 29.7. The summed E-state index contributed by atoms with van der Waals surface area (Å²) < 4.78 is 20.8. The monoisotopic (exact) mass is 411 g/mol. The minimum atomic E-state index is -1.50. The Morgan fingerprint density at radius 1 is 1.21 bits per heavy atom. The van der Waals surface area contributed by atoms with E-state index in [9.17, 15) is 9.00 Å². The van der Waals surface area contributed by atoms with Gasteiger partial charge in [-0.25, -0.2) is 4.72 Å². The van der Waals surface area contributed by atoms with E-state index in [-0.39, 0.29) is 12.5 Å². The smallest absolute Gasteiger partial charge is 0.303 e. The number of nitrogens with one attached hydrogen (secondary N) is 1. The maximum Gasteiger partial charge on any atom is 0.303 e. The molecule has 2 N–H and O–H groups in total. The fourth-order valence-corrected chi connectivity index (χ4v) is 5.54. The lowest BCUT2D eigenvalue weighted by molar-refractivity contribution is -0.137. The van der Waals surface area contributed by atoms with Crippen LogP contribution in [0.5, 0.6) is 0 Å². The Balaban J connectivity index is 1.85. The third kappa shape index (κ3) is 6.45. The first-order valence-corrected chi connectivity index (χ1v) is 11.8. The van der Waals surface area contributed by atoms with Crippen LogP contribution in [0, 0.1) is 23.2 Å². The number of aliphatic carboxylic acids is 1. The summed E-state index contributed by atoms with van der Waals surface area (Å²) in [6.45, 7) is 6.86. The third-order valence-corrected chi connectivity index (χ3v) is 7.45. The second-order valence-corrected chi connectivity index (χ2v) is 9.72. The van der Waals surface area contributed by atoms with Gasteiger partial charge >= 0.3 is 5.97 Å². The van der Waals surface area contributed by atoms with Crippen LogP contribution >= 0.6 is 0 Å². The van der Waals surface area contributed by atoms with Crippen LogP contribution < -0.4 is 4.72 Å². The first kappa shape index (κ1) is 23.1. The Morgan fingerprint density at radius 2 is 1.96 bits per heavy atom. The molecule has 0 spiro atoms. The molecule has 6 heteroatoms. The van der Waals surface area contributed by atoms with Gasteiger partial charge in [-0.05, 0) is 74.2 Å². The Bertz CT molecular complexity index is 587. The summed E-state index contributed by atoms with van der Waals surface area (Å²) >= 11 is -1.50. The molecular formula is C22H37NO4S. The van der Waals surface area contributed by atoms with Gasteiger partial charge in [0.15, 0.2) is 0 Å². The van der Waals surface area contributed by atoms with Gasteiger partial charge in [0.2, 0.25) is 0 Å². The summed E-state index contributed by atoms with van der Waals surface area (Å²) in [6.07, 6.45) is 15.9. The fourth-order valence-electron chi connectivity index (χ4n) is 4.78. The van der Waals surface area contributed by atoms with Gasteiger partial charge in [0.1, 0.15) is 6.26 Å². The van der Waals surface area contributed by atoms with Crippen LogP contribution in [-0.2, 0) is 20.2 Å². The summed E-state index contributed by atoms with van der Waals surface area (Å²) in [5.74, 6) is 1.01. The summed E-state index contributed by atoms with van der Waals surface area (Å²) in [4.78, 5) is 10.6. The van der Waals surface area contributed by atoms with Crippen molar-refractivity contribution in [2.45, 2.75) is 84.6 Å². The van der Waals surface area contributed by atoms with Crippen molar-refractivity contribution in [2.75, 3.05) is 0 Å². The minimum Gasteiger partial charge on any atom is -0.481 e. The van der Waals surface area contributed by atoms with E-state index >= 15 is 0 Å². The zero-order chi connectivity index (χ0) is 20.6. The van der Waals surface area contributed by atoms with Crippen molar-refractivity contribution in [3.8, 4) is 0 Å². The second kappa shape index (κ2) is 11.1. The molecule has 3 saturated carbocycles. The SMILES string of the molecule is CCCCC=COS(=O)NC1C[C@H]2C[C@@H](C1CC=CCCCC(=O)O)C2(C)C. The van der Waals surface area contributed by atoms with Crippen LogP contribution in [0.1, 0.15) is 78.6 Å². The first-order valence-electron chi connectivity index (χ1n) is 10.7. The quantitative estimate of drug-likeness (QED) is 0.250. The van der Waals surface area contributed by atoms with Crippen LogP contribution in [0.3, 0.4) is 0 Å². The molecule has 0 aromatic carbocycles. The number of carboxylic acids is 1. The van der Waals surface area contributed by atoms with Gasteiger partial charge in [0, 0.05) is 12.5 Å². The van der Waals surface area contributed by atoms with Gasteiger partial charge in [0.05, 0.1) is 0 Å². The molecule has 5 nitrogen and oxygen atoms in total. The second-order valence-electron chi connectivity index (χ2n) is 8.82. The van der Waals surface area contributed by atoms with E-state index in [1.54, 1.807) is 6.26 Å². The highest BCUT2D eigenvalue weighted by Gasteiger charge is 2.57. The molecule has 3 aliphatic rings. The third-order valence-electron chi connectivity index (χ3n) is 6.67. The molecule has 0 heterocycles. The lowest BCUT2D eigenvalue weighted by Gasteiger charge is -2.62. The van der Waals surface area contributed by atoms with Crippen LogP contribution in [0.25, 0.3) is 0 Å². The van der Waals surface area contributed by atoms with Crippen molar-refractivity contribution < 1.29 is 18.3 Å². The van der Waals surface area contributed by atoms with Gasteiger partial charge in [-0.1, -0.05) is 39.3 Å². The molecule has 3 rings (SSSR count). The van der Waals surface area contributed by atoms with E-state index in [0.29, 0.717) is 29.6 Å². The van der Waals surface area contributed by atoms with Crippen molar-refractivity contribution in [1.29, 1.82) is 0 Å². The van der Waals surface area contributed by atoms with E-state index < -0.39 is 17.2 Å². The van der Waals surface area contributed by atoms with Gasteiger partial charge in [-0.2, -0.15) is 4.21 Å². The minimum absolute atomic E-state index is 0.199. The van der Waals surface area contributed by atoms with Crippen LogP contribution in [0.15, 0.2) is 24.5 Å². The molecule has 0 amide bonds. The Morgan fingerprint density at radius 3 is 2.64 bits per heavy atom. The van der Waals surface area contributed by atoms with Crippen LogP contribution in [-0.4, -0.2) is 21.3 Å². The number of hydrogen-bond donors (Lipinski definition) is 2. The highest BCUT2D eigenvalue weighted by atomic mass is 32.2. The zero-order valence-corrected chi connectivity index (χ0v) is 18.4. The average molecular weight is 412 g/mol. The number of carbonyl (C=O) groups is 1. The topological polar surface area (TPSA) is 75.6 Å². The number of hydrogen-bond acceptors (Lipinski definition) is 3. The maximum absolute atomic E-state index is 12.3. The van der Waals surface area contributed by atoms with E-state index in [1.165, 1.54) is 6.42 Å². The molecule has 3 fully saturated rings. The molecule has 0 saturated heterocycles. The molecule has 3 unspecified atom stereocenters. The molecule has 3 aliphatic carbocycles. The predicted octanol–water partition coefficient (Wildman–Crippen LogP) is 5.13. The van der Waals surface area contributed by atoms with E-state index in [0.717, 1.165) is 38.5 Å². The van der Waals surface area contributed by atoms with Crippen molar-refractivity contribution in [1.82, 2.24) is 4.72 Å². The Labute approximate surface area is 172 Å². The van der Waals surface area contributed by atoms with E-state index in [4.69, 9.17) is 9.29 Å². The number of rotatable bonds is 13. The molecule has 0 aromatic heterocycles. The summed E-state index contributed by atoms with van der Waals surface area (Å²) in [5, 5.41) is 8.72. The maximum atomic E-state index is 12.3. The average Bonchev–Trinajstić information content (AvgIpc) is 2.64. The van der Waals surface area contributed by atoms with Crippen LogP contribution in [0.4, 0.5) is 0 Å². The molecule has 0 aliphatic heterocycles. The molecule has 0 radical (unpaired) electrons. The largest absolute Gasteiger partial charge is 0.481 e. The molecule has 0 aromatic rings. The molecule has 160 valence electrons. The van der Waals surface area contributed by atoms with E-state index in [1.807, 2.05) is 6.08 Å². The molecule has 2 bridgehead atoms. The van der Waals surface area contributed by atoms with E-state index in [2.05, 4.69) is 37.6 Å². The highest BCUT2D eigenvalue weighted by Crippen LogP contribution is 2.62. The zero-order valence-electron chi connectivity index (χ0n) is 17.6. The lowest BCUT2D eigenvalue weighted by atomic mass is 9.44. The summed E-state index contributed by atoms with van der Waals surface area (Å²) in [5.41, 5.74) is 0.350. The summed E-state index contributed by atoms with van der Waals surface area (Å²) in [7, 11) is 0. The molecule has 5 atom stereocenters. The molecular weight excluding hydrogens is 374 g/mol. The number of carboxylic acid groups (broad SMARTS) is 1. The van der Waals surface area contributed by atoms with Crippen LogP contribution in [0.2, 0.25) is 0 Å². The molecule has 28 heavy (non-hydrogen) atoms. The Kier molecular flexibility index (Phi) is 9.22. The summed E-state index contributed by atoms with van der Waals surface area (Å²) in [6, 6.07) is 0.199. The lowest BCUT2D eigenvalue weighted by Crippen LogP contribution is -2.60. The van der Waals surface area contributed by atoms with Gasteiger partial charge in [0.25, 0.3) is 11.3 Å². The predicted molar refractivity (Wildman–Crippen MR) is 114 cm³/mol. The van der Waals surface area contributed by atoms with Gasteiger partial charge < -0.3 is 9.29 Å².